The Hall–Kier alpha value is -3.27. The molecule has 0 radical (unpaired) electrons. The molecule has 10 heteroatoms. The fourth-order valence-corrected chi connectivity index (χ4v) is 3.35. The van der Waals surface area contributed by atoms with Crippen LogP contribution >= 0.6 is 0 Å². The molecule has 1 aromatic carbocycles. The lowest BCUT2D eigenvalue weighted by atomic mass is 10.1. The first-order valence-corrected chi connectivity index (χ1v) is 11.9. The molecule has 194 valence electrons. The van der Waals surface area contributed by atoms with Crippen LogP contribution in [0.2, 0.25) is 0 Å². The van der Waals surface area contributed by atoms with Gasteiger partial charge in [0.2, 0.25) is 23.5 Å². The number of hydrogen-bond acceptors (Lipinski definition) is 6. The number of nitrogens with zero attached hydrogens (tertiary/aromatic N) is 2. The standard InChI is InChI=1S/C25H39N5O5/c1-6-12-19(27-20(31)15-10-11-16-29(2)3)23(33)24(34)26-17-21(32)28-22(25(35)30(4)5)18-13-8-7-9-14-18/h7-9,13-14,19,22H,6,10-12,15-17H2,1-5H3,(H,26,34)(H,27,31)(H,28,32)/t19?,22-/m0/s1. The monoisotopic (exact) mass is 489 g/mol. The number of likely N-dealkylation sites (N-methyl/N-ethyl adjacent to an activating group) is 1. The van der Waals surface area contributed by atoms with Crippen molar-refractivity contribution in [2.24, 2.45) is 0 Å². The van der Waals surface area contributed by atoms with Gasteiger partial charge in [-0.1, -0.05) is 43.7 Å². The van der Waals surface area contributed by atoms with E-state index in [1.807, 2.05) is 25.9 Å². The van der Waals surface area contributed by atoms with Gasteiger partial charge in [0.25, 0.3) is 5.91 Å². The molecule has 0 aliphatic carbocycles. The molecule has 0 fully saturated rings. The maximum Gasteiger partial charge on any atom is 0.290 e. The van der Waals surface area contributed by atoms with Crippen LogP contribution in [0.25, 0.3) is 0 Å². The lowest BCUT2D eigenvalue weighted by Crippen LogP contribution is -2.50. The van der Waals surface area contributed by atoms with Crippen LogP contribution in [-0.4, -0.2) is 86.5 Å². The average Bonchev–Trinajstić information content (AvgIpc) is 2.82. The highest BCUT2D eigenvalue weighted by Crippen LogP contribution is 2.14. The van der Waals surface area contributed by atoms with E-state index >= 15 is 0 Å². The summed E-state index contributed by atoms with van der Waals surface area (Å²) in [4.78, 5) is 65.7. The van der Waals surface area contributed by atoms with Gasteiger partial charge in [0.1, 0.15) is 6.04 Å². The number of ketones is 1. The topological polar surface area (TPSA) is 128 Å². The van der Waals surface area contributed by atoms with Crippen LogP contribution < -0.4 is 16.0 Å². The molecule has 4 amide bonds. The Morgan fingerprint density at radius 1 is 0.886 bits per heavy atom. The summed E-state index contributed by atoms with van der Waals surface area (Å²) >= 11 is 0. The zero-order valence-electron chi connectivity index (χ0n) is 21.4. The molecular formula is C25H39N5O5. The van der Waals surface area contributed by atoms with Gasteiger partial charge in [0.05, 0.1) is 12.6 Å². The zero-order valence-corrected chi connectivity index (χ0v) is 21.4. The summed E-state index contributed by atoms with van der Waals surface area (Å²) in [7, 11) is 7.07. The van der Waals surface area contributed by atoms with Crippen LogP contribution in [-0.2, 0) is 24.0 Å². The molecule has 0 saturated heterocycles. The van der Waals surface area contributed by atoms with Crippen molar-refractivity contribution in [2.75, 3.05) is 41.3 Å². The molecule has 0 bridgehead atoms. The molecule has 0 aliphatic heterocycles. The van der Waals surface area contributed by atoms with Crippen LogP contribution in [0.4, 0.5) is 0 Å². The summed E-state index contributed by atoms with van der Waals surface area (Å²) in [5, 5.41) is 7.55. The van der Waals surface area contributed by atoms with Crippen molar-refractivity contribution in [3.05, 3.63) is 35.9 Å². The van der Waals surface area contributed by atoms with E-state index in [0.717, 1.165) is 13.0 Å². The van der Waals surface area contributed by atoms with Gasteiger partial charge < -0.3 is 25.8 Å². The van der Waals surface area contributed by atoms with Gasteiger partial charge in [-0.15, -0.1) is 0 Å². The van der Waals surface area contributed by atoms with Gasteiger partial charge in [-0.05, 0) is 45.5 Å². The van der Waals surface area contributed by atoms with Crippen LogP contribution in [0, 0.1) is 0 Å². The SMILES string of the molecule is CCCC(NC(=O)CCCCN(C)C)C(=O)C(=O)NCC(=O)N[C@H](C(=O)N(C)C)c1ccccc1. The van der Waals surface area contributed by atoms with E-state index in [-0.39, 0.29) is 18.2 Å². The average molecular weight is 490 g/mol. The third-order valence-corrected chi connectivity index (χ3v) is 5.25. The highest BCUT2D eigenvalue weighted by molar-refractivity contribution is 6.38. The molecule has 0 saturated carbocycles. The Labute approximate surface area is 207 Å². The molecule has 0 spiro atoms. The molecule has 0 aliphatic rings. The van der Waals surface area contributed by atoms with Crippen molar-refractivity contribution >= 4 is 29.4 Å². The van der Waals surface area contributed by atoms with Crippen LogP contribution in [0.5, 0.6) is 0 Å². The lowest BCUT2D eigenvalue weighted by molar-refractivity contribution is -0.141. The minimum Gasteiger partial charge on any atom is -0.347 e. The molecule has 0 aromatic heterocycles. The zero-order chi connectivity index (χ0) is 26.4. The van der Waals surface area contributed by atoms with E-state index in [1.165, 1.54) is 4.90 Å². The number of carbonyl (C=O) groups is 5. The summed E-state index contributed by atoms with van der Waals surface area (Å²) in [5.41, 5.74) is 0.596. The minimum atomic E-state index is -0.957. The van der Waals surface area contributed by atoms with Crippen molar-refractivity contribution in [3.63, 3.8) is 0 Å². The van der Waals surface area contributed by atoms with Crippen molar-refractivity contribution < 1.29 is 24.0 Å². The van der Waals surface area contributed by atoms with Crippen LogP contribution in [0.3, 0.4) is 0 Å². The van der Waals surface area contributed by atoms with E-state index in [1.54, 1.807) is 44.4 Å². The lowest BCUT2D eigenvalue weighted by Gasteiger charge is -2.22. The number of rotatable bonds is 15. The van der Waals surface area contributed by atoms with Gasteiger partial charge in [0.15, 0.2) is 0 Å². The van der Waals surface area contributed by atoms with Crippen molar-refractivity contribution in [3.8, 4) is 0 Å². The van der Waals surface area contributed by atoms with E-state index in [0.29, 0.717) is 24.8 Å². The Morgan fingerprint density at radius 2 is 1.54 bits per heavy atom. The fraction of sp³-hybridized carbons (Fsp3) is 0.560. The largest absolute Gasteiger partial charge is 0.347 e. The number of hydrogen-bond donors (Lipinski definition) is 3. The molecule has 3 N–H and O–H groups in total. The van der Waals surface area contributed by atoms with Gasteiger partial charge in [-0.3, -0.25) is 24.0 Å². The first kappa shape index (κ1) is 29.8. The van der Waals surface area contributed by atoms with Crippen molar-refractivity contribution in [2.45, 2.75) is 51.1 Å². The molecule has 1 unspecified atom stereocenters. The molecule has 1 rings (SSSR count). The third-order valence-electron chi connectivity index (χ3n) is 5.25. The first-order valence-electron chi connectivity index (χ1n) is 11.9. The highest BCUT2D eigenvalue weighted by Gasteiger charge is 2.28. The number of amides is 4. The van der Waals surface area contributed by atoms with E-state index in [9.17, 15) is 24.0 Å². The number of carbonyl (C=O) groups excluding carboxylic acids is 5. The molecule has 2 atom stereocenters. The van der Waals surface area contributed by atoms with E-state index < -0.39 is 36.2 Å². The van der Waals surface area contributed by atoms with E-state index in [2.05, 4.69) is 16.0 Å². The summed E-state index contributed by atoms with van der Waals surface area (Å²) in [6.45, 7) is 2.23. The second kappa shape index (κ2) is 15.6. The number of Topliss-reactive ketones (excluding diaryl/α,β-unsaturated/α-hetero) is 1. The van der Waals surface area contributed by atoms with Gasteiger partial charge in [-0.2, -0.15) is 0 Å². The summed E-state index contributed by atoms with van der Waals surface area (Å²) < 4.78 is 0. The van der Waals surface area contributed by atoms with Gasteiger partial charge >= 0.3 is 0 Å². The van der Waals surface area contributed by atoms with E-state index in [4.69, 9.17) is 0 Å². The van der Waals surface area contributed by atoms with Gasteiger partial charge in [0, 0.05) is 20.5 Å². The molecule has 10 nitrogen and oxygen atoms in total. The third kappa shape index (κ3) is 11.1. The summed E-state index contributed by atoms with van der Waals surface area (Å²) in [5.74, 6) is -2.99. The predicted molar refractivity (Wildman–Crippen MR) is 133 cm³/mol. The van der Waals surface area contributed by atoms with Gasteiger partial charge in [-0.25, -0.2) is 0 Å². The van der Waals surface area contributed by atoms with Crippen LogP contribution in [0.1, 0.15) is 50.6 Å². The second-order valence-electron chi connectivity index (χ2n) is 8.86. The summed E-state index contributed by atoms with van der Waals surface area (Å²) in [6.07, 6.45) is 2.71. The predicted octanol–water partition coefficient (Wildman–Crippen LogP) is 0.634. The molecule has 1 aromatic rings. The number of nitrogens with one attached hydrogen (secondary N) is 3. The molecule has 0 heterocycles. The Morgan fingerprint density at radius 3 is 2.11 bits per heavy atom. The number of benzene rings is 1. The van der Waals surface area contributed by atoms with Crippen molar-refractivity contribution in [1.29, 1.82) is 0 Å². The molecular weight excluding hydrogens is 450 g/mol. The maximum atomic E-state index is 12.6. The van der Waals surface area contributed by atoms with Crippen LogP contribution in [0.15, 0.2) is 30.3 Å². The Kier molecular flexibility index (Phi) is 13.3. The quantitative estimate of drug-likeness (QED) is 0.245. The normalized spacial score (nSPS) is 12.4. The minimum absolute atomic E-state index is 0.270. The fourth-order valence-electron chi connectivity index (χ4n) is 3.35. The Balaban J connectivity index is 2.65. The first-order chi connectivity index (χ1) is 16.6. The highest BCUT2D eigenvalue weighted by atomic mass is 16.2. The number of unbranched alkanes of at least 4 members (excludes halogenated alkanes) is 1. The second-order valence-corrected chi connectivity index (χ2v) is 8.86. The Bertz CT molecular complexity index is 857. The smallest absolute Gasteiger partial charge is 0.290 e. The van der Waals surface area contributed by atoms with Crippen molar-refractivity contribution in [1.82, 2.24) is 25.8 Å². The molecule has 35 heavy (non-hydrogen) atoms. The maximum absolute atomic E-state index is 12.6. The summed E-state index contributed by atoms with van der Waals surface area (Å²) in [6, 6.07) is 6.86.